The van der Waals surface area contributed by atoms with E-state index < -0.39 is 22.6 Å². The fourth-order valence-electron chi connectivity index (χ4n) is 3.72. The Balaban J connectivity index is 5.91. The average Bonchev–Trinajstić information content (AvgIpc) is 2.58. The van der Waals surface area contributed by atoms with Gasteiger partial charge in [-0.05, 0) is 56.7 Å². The fourth-order valence-corrected chi connectivity index (χ4v) is 11.0. The molecule has 0 aromatic rings. The highest BCUT2D eigenvalue weighted by molar-refractivity contribution is 6.77. The molecule has 4 nitrogen and oxygen atoms in total. The van der Waals surface area contributed by atoms with Gasteiger partial charge >= 0.3 is 9.28 Å². The van der Waals surface area contributed by atoms with Crippen molar-refractivity contribution in [1.29, 1.82) is 0 Å². The van der Waals surface area contributed by atoms with Crippen molar-refractivity contribution >= 4 is 23.6 Å². The van der Waals surface area contributed by atoms with E-state index in [1.54, 1.807) is 0 Å². The molecule has 0 fully saturated rings. The van der Waals surface area contributed by atoms with Crippen molar-refractivity contribution in [3.63, 3.8) is 0 Å². The summed E-state index contributed by atoms with van der Waals surface area (Å²) in [5.41, 5.74) is 0.446. The van der Waals surface area contributed by atoms with E-state index in [1.165, 1.54) is 0 Å². The molecule has 2 unspecified atom stereocenters. The van der Waals surface area contributed by atoms with Crippen LogP contribution in [0.15, 0.2) is 0 Å². The molecule has 2 atom stereocenters. The van der Waals surface area contributed by atoms with Gasteiger partial charge in [0.15, 0.2) is 0 Å². The first-order chi connectivity index (χ1) is 12.5. The summed E-state index contributed by atoms with van der Waals surface area (Å²) in [4.78, 5) is 13.6. The second-order valence-electron chi connectivity index (χ2n) is 8.80. The van der Waals surface area contributed by atoms with Gasteiger partial charge in [-0.15, -0.1) is 0 Å². The van der Waals surface area contributed by atoms with Gasteiger partial charge in [-0.3, -0.25) is 4.79 Å². The van der Waals surface area contributed by atoms with Crippen molar-refractivity contribution in [3.8, 4) is 0 Å². The second kappa shape index (κ2) is 12.4. The summed E-state index contributed by atoms with van der Waals surface area (Å²) in [5, 5.41) is -0.684. The van der Waals surface area contributed by atoms with E-state index in [4.69, 9.17) is 13.3 Å². The predicted octanol–water partition coefficient (Wildman–Crippen LogP) is 6.32. The first kappa shape index (κ1) is 26.8. The zero-order valence-corrected chi connectivity index (χ0v) is 21.6. The van der Waals surface area contributed by atoms with E-state index in [2.05, 4.69) is 41.5 Å². The van der Waals surface area contributed by atoms with Crippen LogP contribution in [0.4, 0.5) is 0 Å². The molecule has 0 heterocycles. The molecular weight excluding hydrogens is 372 g/mol. The van der Waals surface area contributed by atoms with Crippen molar-refractivity contribution in [1.82, 2.24) is 0 Å². The zero-order chi connectivity index (χ0) is 21.3. The van der Waals surface area contributed by atoms with Gasteiger partial charge in [0, 0.05) is 13.2 Å². The molecule has 0 saturated heterocycles. The second-order valence-corrected chi connectivity index (χ2v) is 15.2. The van der Waals surface area contributed by atoms with Gasteiger partial charge in [0.1, 0.15) is 5.04 Å². The van der Waals surface area contributed by atoms with Gasteiger partial charge < -0.3 is 13.3 Å². The summed E-state index contributed by atoms with van der Waals surface area (Å²) < 4.78 is 18.4. The maximum Gasteiger partial charge on any atom is 0.402 e. The van der Waals surface area contributed by atoms with Crippen LogP contribution >= 0.6 is 0 Å². The molecule has 0 aliphatic rings. The Morgan fingerprint density at radius 2 is 1.37 bits per heavy atom. The summed E-state index contributed by atoms with van der Waals surface area (Å²) >= 11 is 0. The summed E-state index contributed by atoms with van der Waals surface area (Å²) in [7, 11) is -4.00. The molecule has 0 aromatic heterocycles. The Morgan fingerprint density at radius 3 is 1.67 bits per heavy atom. The van der Waals surface area contributed by atoms with Crippen LogP contribution in [0.5, 0.6) is 0 Å². The number of hydrogen-bond donors (Lipinski definition) is 0. The van der Waals surface area contributed by atoms with Crippen LogP contribution in [-0.2, 0) is 18.1 Å². The zero-order valence-electron chi connectivity index (χ0n) is 19.6. The van der Waals surface area contributed by atoms with E-state index in [-0.39, 0.29) is 5.97 Å². The molecule has 0 amide bonds. The predicted molar refractivity (Wildman–Crippen MR) is 119 cm³/mol. The largest absolute Gasteiger partial charge is 0.518 e. The molecule has 1 radical (unpaired) electrons. The number of carbonyl (C=O) groups is 1. The lowest BCUT2D eigenvalue weighted by molar-refractivity contribution is -0.139. The molecule has 27 heavy (non-hydrogen) atoms. The van der Waals surface area contributed by atoms with Gasteiger partial charge in [0.05, 0.1) is 0 Å². The van der Waals surface area contributed by atoms with Crippen LogP contribution in [0.25, 0.3) is 0 Å². The first-order valence-corrected chi connectivity index (χ1v) is 14.6. The Morgan fingerprint density at radius 1 is 0.926 bits per heavy atom. The highest BCUT2D eigenvalue weighted by Gasteiger charge is 2.52. The van der Waals surface area contributed by atoms with Gasteiger partial charge in [-0.25, -0.2) is 0 Å². The quantitative estimate of drug-likeness (QED) is 0.310. The fraction of sp³-hybridized carbons (Fsp3) is 0.952. The lowest BCUT2D eigenvalue weighted by Crippen LogP contribution is -2.51. The van der Waals surface area contributed by atoms with Gasteiger partial charge in [-0.1, -0.05) is 54.9 Å². The Hall–Kier alpha value is -0.176. The van der Waals surface area contributed by atoms with E-state index in [1.807, 2.05) is 27.7 Å². The monoisotopic (exact) mass is 417 g/mol. The summed E-state index contributed by atoms with van der Waals surface area (Å²) in [5.74, 6) is 0.955. The van der Waals surface area contributed by atoms with Gasteiger partial charge in [-0.2, -0.15) is 0 Å². The maximum absolute atomic E-state index is 13.6. The van der Waals surface area contributed by atoms with E-state index in [9.17, 15) is 4.79 Å². The number of hydrogen-bond acceptors (Lipinski definition) is 4. The van der Waals surface area contributed by atoms with E-state index in [0.717, 1.165) is 18.5 Å². The van der Waals surface area contributed by atoms with E-state index in [0.29, 0.717) is 37.0 Å². The first-order valence-electron chi connectivity index (χ1n) is 10.9. The van der Waals surface area contributed by atoms with Crippen LogP contribution in [0.3, 0.4) is 0 Å². The topological polar surface area (TPSA) is 44.8 Å². The Kier molecular flexibility index (Phi) is 12.3. The summed E-state index contributed by atoms with van der Waals surface area (Å²) in [6, 6.07) is 2.05. The Labute approximate surface area is 171 Å². The molecule has 0 N–H and O–H groups in total. The minimum atomic E-state index is -2.25. The molecule has 6 heteroatoms. The third kappa shape index (κ3) is 7.63. The molecule has 0 saturated carbocycles. The van der Waals surface area contributed by atoms with Crippen LogP contribution in [0.2, 0.25) is 22.7 Å². The minimum absolute atomic E-state index is 0.0888. The SMILES string of the molecule is CCO[Si](OCC)C(C)(CC)C(=O)O[Si](CC(C)C)(CC(C)C)C(C)CC. The van der Waals surface area contributed by atoms with Crippen LogP contribution < -0.4 is 0 Å². The molecule has 0 aliphatic heterocycles. The van der Waals surface area contributed by atoms with Crippen LogP contribution in [0.1, 0.15) is 82.1 Å². The number of carbonyl (C=O) groups excluding carboxylic acids is 1. The molecule has 161 valence electrons. The minimum Gasteiger partial charge on any atom is -0.518 e. The van der Waals surface area contributed by atoms with Crippen LogP contribution in [0, 0.1) is 11.8 Å². The molecular formula is C21H45O4Si2. The highest BCUT2D eigenvalue weighted by atomic mass is 28.4. The normalized spacial score (nSPS) is 16.0. The van der Waals surface area contributed by atoms with Crippen molar-refractivity contribution in [3.05, 3.63) is 0 Å². The standard InChI is InChI=1S/C21H45O4Si2/c1-11-19(9)27(15-17(5)6,16-18(7)8)25-20(22)21(10,12-2)26(23-13-3)24-14-4/h17-19H,11-16H2,1-10H3. The lowest BCUT2D eigenvalue weighted by Gasteiger charge is -2.42. The van der Waals surface area contributed by atoms with E-state index >= 15 is 0 Å². The van der Waals surface area contributed by atoms with Crippen molar-refractivity contribution in [2.75, 3.05) is 13.2 Å². The molecule has 0 aromatic carbocycles. The molecule has 0 bridgehead atoms. The summed E-state index contributed by atoms with van der Waals surface area (Å²) in [6.07, 6.45) is 1.73. The molecule has 0 aliphatic carbocycles. The lowest BCUT2D eigenvalue weighted by atomic mass is 10.1. The highest BCUT2D eigenvalue weighted by Crippen LogP contribution is 2.43. The summed E-state index contributed by atoms with van der Waals surface area (Å²) in [6.45, 7) is 22.5. The third-order valence-electron chi connectivity index (χ3n) is 5.47. The average molecular weight is 418 g/mol. The van der Waals surface area contributed by atoms with Gasteiger partial charge in [0.2, 0.25) is 0 Å². The van der Waals surface area contributed by atoms with Crippen molar-refractivity contribution in [2.45, 2.75) is 105 Å². The maximum atomic E-state index is 13.6. The number of rotatable bonds is 14. The Bertz CT molecular complexity index is 412. The van der Waals surface area contributed by atoms with Crippen molar-refractivity contribution in [2.24, 2.45) is 11.8 Å². The molecule has 0 rings (SSSR count). The molecule has 0 spiro atoms. The third-order valence-corrected chi connectivity index (χ3v) is 13.8. The van der Waals surface area contributed by atoms with Crippen LogP contribution in [-0.4, -0.2) is 36.8 Å². The smallest absolute Gasteiger partial charge is 0.402 e. The van der Waals surface area contributed by atoms with Crippen molar-refractivity contribution < 1.29 is 18.1 Å². The van der Waals surface area contributed by atoms with Gasteiger partial charge in [0.25, 0.3) is 14.3 Å².